The third kappa shape index (κ3) is 5.84. The van der Waals surface area contributed by atoms with E-state index in [2.05, 4.69) is 20.5 Å². The Hall–Kier alpha value is -4.16. The molecule has 0 radical (unpaired) electrons. The highest BCUT2D eigenvalue weighted by atomic mass is 19.4. The fraction of sp³-hybridized carbons (Fsp3) is 0.357. The maximum atomic E-state index is 14.9. The molecular formula is C28H25F6N5O2. The number of nitrogens with one attached hydrogen (secondary N) is 3. The van der Waals surface area contributed by atoms with Gasteiger partial charge in [-0.1, -0.05) is 30.3 Å². The van der Waals surface area contributed by atoms with E-state index in [-0.39, 0.29) is 22.4 Å². The van der Waals surface area contributed by atoms with Crippen molar-refractivity contribution < 1.29 is 35.9 Å². The van der Waals surface area contributed by atoms with Crippen molar-refractivity contribution in [3.8, 4) is 11.1 Å². The van der Waals surface area contributed by atoms with Crippen LogP contribution in [-0.2, 0) is 15.1 Å². The maximum Gasteiger partial charge on any atom is 0.416 e. The molecule has 0 saturated heterocycles. The number of aromatic nitrogens is 3. The molecule has 1 aliphatic carbocycles. The van der Waals surface area contributed by atoms with Crippen molar-refractivity contribution in [3.05, 3.63) is 76.9 Å². The van der Waals surface area contributed by atoms with E-state index in [1.54, 1.807) is 19.2 Å². The molecule has 1 atom stereocenters. The molecule has 1 aliphatic heterocycles. The number of aryl methyl sites for hydroxylation is 1. The van der Waals surface area contributed by atoms with Gasteiger partial charge in [-0.25, -0.2) is 0 Å². The van der Waals surface area contributed by atoms with Gasteiger partial charge in [0.2, 0.25) is 11.8 Å². The Morgan fingerprint density at radius 3 is 2.29 bits per heavy atom. The Morgan fingerprint density at radius 2 is 1.76 bits per heavy atom. The number of amides is 2. The maximum absolute atomic E-state index is 14.9. The molecule has 1 aromatic carbocycles. The van der Waals surface area contributed by atoms with Gasteiger partial charge < -0.3 is 10.6 Å². The normalized spacial score (nSPS) is 19.7. The molecule has 3 aromatic rings. The first-order chi connectivity index (χ1) is 19.3. The Morgan fingerprint density at radius 1 is 1.05 bits per heavy atom. The number of alkyl halides is 6. The van der Waals surface area contributed by atoms with Gasteiger partial charge in [-0.2, -0.15) is 31.4 Å². The average molecular weight is 578 g/mol. The molecule has 0 spiro atoms. The van der Waals surface area contributed by atoms with E-state index >= 15 is 0 Å². The van der Waals surface area contributed by atoms with Crippen LogP contribution in [0.4, 0.5) is 26.3 Å². The van der Waals surface area contributed by atoms with Crippen LogP contribution in [0, 0.1) is 6.92 Å². The van der Waals surface area contributed by atoms with Crippen LogP contribution in [0.25, 0.3) is 16.7 Å². The standard InChI is InChI=1S/C28H25F6N5O2/c1-15-21(14-37-39-15)17-4-7-19(8-5-17)26(28(32,33)34)10-20(23-9-6-18(12-35-23)16-2-3-16)22(25(41)38-26)13-36-24(40)11-27(29,30)31/h4-9,12,14,16H,2-3,10-11,13H2,1H3,(H,36,40)(H,37,39)(H,38,41). The Balaban J connectivity index is 1.55. The van der Waals surface area contributed by atoms with Crippen molar-refractivity contribution in [1.82, 2.24) is 25.8 Å². The second-order valence-electron chi connectivity index (χ2n) is 10.3. The van der Waals surface area contributed by atoms with E-state index < -0.39 is 49.1 Å². The lowest BCUT2D eigenvalue weighted by Crippen LogP contribution is -2.59. The Kier molecular flexibility index (Phi) is 7.16. The third-order valence-corrected chi connectivity index (χ3v) is 7.38. The topological polar surface area (TPSA) is 99.8 Å². The third-order valence-electron chi connectivity index (χ3n) is 7.38. The number of hydrogen-bond acceptors (Lipinski definition) is 4. The zero-order valence-corrected chi connectivity index (χ0v) is 21.7. The van der Waals surface area contributed by atoms with Gasteiger partial charge in [-0.3, -0.25) is 19.7 Å². The summed E-state index contributed by atoms with van der Waals surface area (Å²) in [6, 6.07) is 8.75. The van der Waals surface area contributed by atoms with Crippen LogP contribution in [-0.4, -0.2) is 45.9 Å². The minimum Gasteiger partial charge on any atom is -0.352 e. The van der Waals surface area contributed by atoms with E-state index in [1.807, 2.05) is 5.32 Å². The number of pyridine rings is 1. The van der Waals surface area contributed by atoms with E-state index in [1.165, 1.54) is 36.5 Å². The summed E-state index contributed by atoms with van der Waals surface area (Å²) in [6.45, 7) is 1.07. The van der Waals surface area contributed by atoms with Gasteiger partial charge >= 0.3 is 12.4 Å². The second-order valence-corrected chi connectivity index (χ2v) is 10.3. The van der Waals surface area contributed by atoms with Gasteiger partial charge in [0.05, 0.1) is 11.9 Å². The number of carbonyl (C=O) groups excluding carboxylic acids is 2. The monoisotopic (exact) mass is 577 g/mol. The van der Waals surface area contributed by atoms with Crippen molar-refractivity contribution in [2.24, 2.45) is 0 Å². The molecule has 3 N–H and O–H groups in total. The van der Waals surface area contributed by atoms with Crippen LogP contribution in [0.2, 0.25) is 0 Å². The quantitative estimate of drug-likeness (QED) is 0.325. The fourth-order valence-electron chi connectivity index (χ4n) is 5.01. The number of hydrogen-bond donors (Lipinski definition) is 3. The summed E-state index contributed by atoms with van der Waals surface area (Å²) in [5.74, 6) is -2.27. The number of halogens is 6. The first-order valence-electron chi connectivity index (χ1n) is 12.8. The number of aromatic amines is 1. The van der Waals surface area contributed by atoms with Gasteiger partial charge in [0, 0.05) is 36.0 Å². The summed E-state index contributed by atoms with van der Waals surface area (Å²) in [5.41, 5.74) is -0.505. The smallest absolute Gasteiger partial charge is 0.352 e. The first-order valence-corrected chi connectivity index (χ1v) is 12.8. The van der Waals surface area contributed by atoms with Gasteiger partial charge in [0.15, 0.2) is 5.54 Å². The summed E-state index contributed by atoms with van der Waals surface area (Å²) in [7, 11) is 0. The van der Waals surface area contributed by atoms with Crippen molar-refractivity contribution in [2.75, 3.05) is 6.54 Å². The van der Waals surface area contributed by atoms with Gasteiger partial charge in [0.25, 0.3) is 0 Å². The molecule has 2 amide bonds. The molecule has 2 aromatic heterocycles. The molecule has 1 saturated carbocycles. The van der Waals surface area contributed by atoms with Gasteiger partial charge in [0.1, 0.15) is 6.42 Å². The number of rotatable bonds is 7. The molecule has 41 heavy (non-hydrogen) atoms. The first kappa shape index (κ1) is 28.4. The van der Waals surface area contributed by atoms with Crippen LogP contribution in [0.5, 0.6) is 0 Å². The summed E-state index contributed by atoms with van der Waals surface area (Å²) >= 11 is 0. The highest BCUT2D eigenvalue weighted by Gasteiger charge is 2.59. The van der Waals surface area contributed by atoms with E-state index in [0.29, 0.717) is 17.0 Å². The zero-order valence-electron chi connectivity index (χ0n) is 21.7. The lowest BCUT2D eigenvalue weighted by atomic mass is 9.77. The largest absolute Gasteiger partial charge is 0.416 e. The molecule has 7 nitrogen and oxygen atoms in total. The van der Waals surface area contributed by atoms with E-state index in [9.17, 15) is 35.9 Å². The minimum absolute atomic E-state index is 0.0728. The second kappa shape index (κ2) is 10.3. The van der Waals surface area contributed by atoms with Crippen LogP contribution < -0.4 is 10.6 Å². The predicted octanol–water partition coefficient (Wildman–Crippen LogP) is 5.46. The summed E-state index contributed by atoms with van der Waals surface area (Å²) < 4.78 is 82.8. The number of benzene rings is 1. The number of nitrogens with zero attached hydrogens (tertiary/aromatic N) is 2. The van der Waals surface area contributed by atoms with Crippen molar-refractivity contribution >= 4 is 17.4 Å². The molecule has 1 unspecified atom stereocenters. The van der Waals surface area contributed by atoms with Crippen molar-refractivity contribution in [3.63, 3.8) is 0 Å². The van der Waals surface area contributed by atoms with Crippen molar-refractivity contribution in [1.29, 1.82) is 0 Å². The molecule has 216 valence electrons. The fourth-order valence-corrected chi connectivity index (χ4v) is 5.01. The van der Waals surface area contributed by atoms with E-state index in [0.717, 1.165) is 24.1 Å². The Labute approximate surface area is 230 Å². The zero-order chi connectivity index (χ0) is 29.6. The predicted molar refractivity (Wildman–Crippen MR) is 136 cm³/mol. The number of H-pyrrole nitrogens is 1. The highest BCUT2D eigenvalue weighted by Crippen LogP contribution is 2.48. The molecule has 1 fully saturated rings. The van der Waals surface area contributed by atoms with Gasteiger partial charge in [-0.15, -0.1) is 0 Å². The van der Waals surface area contributed by atoms with Crippen LogP contribution in [0.15, 0.2) is 54.4 Å². The molecule has 3 heterocycles. The van der Waals surface area contributed by atoms with Crippen LogP contribution in [0.1, 0.15) is 54.1 Å². The molecule has 5 rings (SSSR count). The van der Waals surface area contributed by atoms with Gasteiger partial charge in [-0.05, 0) is 54.0 Å². The SMILES string of the molecule is Cc1[nH]ncc1-c1ccc(C2(C(F)(F)F)CC(c3ccc(C4CC4)cn3)=C(CNC(=O)CC(F)(F)F)C(=O)N2)cc1. The molecule has 13 heteroatoms. The molecule has 0 bridgehead atoms. The Bertz CT molecular complexity index is 1490. The summed E-state index contributed by atoms with van der Waals surface area (Å²) in [4.78, 5) is 29.5. The lowest BCUT2D eigenvalue weighted by molar-refractivity contribution is -0.201. The molecule has 2 aliphatic rings. The van der Waals surface area contributed by atoms with Crippen LogP contribution in [0.3, 0.4) is 0 Å². The van der Waals surface area contributed by atoms with E-state index in [4.69, 9.17) is 0 Å². The summed E-state index contributed by atoms with van der Waals surface area (Å²) in [6.07, 6.45) is -7.33. The van der Waals surface area contributed by atoms with Crippen LogP contribution >= 0.6 is 0 Å². The van der Waals surface area contributed by atoms with Crippen molar-refractivity contribution in [2.45, 2.75) is 56.4 Å². The minimum atomic E-state index is -4.97. The number of carbonyl (C=O) groups is 2. The lowest BCUT2D eigenvalue weighted by Gasteiger charge is -2.41. The average Bonchev–Trinajstić information content (AvgIpc) is 3.66. The highest BCUT2D eigenvalue weighted by molar-refractivity contribution is 6.04. The molecular weight excluding hydrogens is 552 g/mol. The summed E-state index contributed by atoms with van der Waals surface area (Å²) in [5, 5.41) is 10.8.